The number of hydrogen-bond acceptors (Lipinski definition) is 6. The number of rotatable bonds is 7. The molecule has 0 radical (unpaired) electrons. The first-order chi connectivity index (χ1) is 12.7. The largest absolute Gasteiger partial charge is 0.495 e. The number of esters is 1. The Bertz CT molecular complexity index is 982. The van der Waals surface area contributed by atoms with Crippen LogP contribution < -0.4 is 9.46 Å². The molecule has 7 nitrogen and oxygen atoms in total. The Balaban J connectivity index is 2.20. The molecule has 0 unspecified atom stereocenters. The number of aryl methyl sites for hydroxylation is 2. The number of nitrogens with one attached hydrogen (secondary N) is 1. The Kier molecular flexibility index (Phi) is 6.35. The maximum atomic E-state index is 12.3. The van der Waals surface area contributed by atoms with Gasteiger partial charge in [0, 0.05) is 5.56 Å². The minimum atomic E-state index is -3.83. The third-order valence-electron chi connectivity index (χ3n) is 3.99. The van der Waals surface area contributed by atoms with Crippen LogP contribution in [0.25, 0.3) is 0 Å². The molecule has 0 aromatic heterocycles. The zero-order chi connectivity index (χ0) is 20.2. The number of ether oxygens (including phenoxy) is 2. The van der Waals surface area contributed by atoms with E-state index in [0.29, 0.717) is 5.56 Å². The summed E-state index contributed by atoms with van der Waals surface area (Å²) >= 11 is 0. The summed E-state index contributed by atoms with van der Waals surface area (Å²) in [4.78, 5) is 24.4. The monoisotopic (exact) mass is 391 g/mol. The maximum Gasteiger partial charge on any atom is 0.338 e. The second-order valence-electron chi connectivity index (χ2n) is 5.89. The van der Waals surface area contributed by atoms with Crippen molar-refractivity contribution in [3.05, 3.63) is 58.7 Å². The molecule has 0 amide bonds. The Hall–Kier alpha value is -2.71. The summed E-state index contributed by atoms with van der Waals surface area (Å²) in [6, 6.07) is 9.32. The van der Waals surface area contributed by atoms with E-state index in [1.807, 2.05) is 19.1 Å². The van der Waals surface area contributed by atoms with E-state index in [-0.39, 0.29) is 22.0 Å². The molecule has 0 spiro atoms. The minimum Gasteiger partial charge on any atom is -0.495 e. The van der Waals surface area contributed by atoms with Crippen molar-refractivity contribution in [2.24, 2.45) is 0 Å². The molecule has 0 saturated carbocycles. The first kappa shape index (κ1) is 20.6. The fourth-order valence-electron chi connectivity index (χ4n) is 2.45. The van der Waals surface area contributed by atoms with Crippen LogP contribution in [0.3, 0.4) is 0 Å². The Labute approximate surface area is 158 Å². The Morgan fingerprint density at radius 1 is 1.07 bits per heavy atom. The van der Waals surface area contributed by atoms with E-state index in [9.17, 15) is 18.0 Å². The third kappa shape index (κ3) is 4.72. The normalized spacial score (nSPS) is 11.1. The van der Waals surface area contributed by atoms with Crippen LogP contribution in [0, 0.1) is 13.8 Å². The van der Waals surface area contributed by atoms with Gasteiger partial charge in [-0.2, -0.15) is 0 Å². The average molecular weight is 391 g/mol. The molecule has 0 atom stereocenters. The fourth-order valence-corrected chi connectivity index (χ4v) is 3.37. The van der Waals surface area contributed by atoms with Gasteiger partial charge in [0.2, 0.25) is 15.8 Å². The summed E-state index contributed by atoms with van der Waals surface area (Å²) in [6.07, 6.45) is 0. The number of Topliss-reactive ketones (excluding diaryl/α,β-unsaturated/α-hetero) is 1. The highest BCUT2D eigenvalue weighted by Gasteiger charge is 2.21. The lowest BCUT2D eigenvalue weighted by atomic mass is 10.0. The van der Waals surface area contributed by atoms with Crippen LogP contribution in [0.15, 0.2) is 41.3 Å². The zero-order valence-electron chi connectivity index (χ0n) is 15.5. The van der Waals surface area contributed by atoms with Crippen molar-refractivity contribution in [2.75, 3.05) is 20.8 Å². The van der Waals surface area contributed by atoms with E-state index in [1.165, 1.54) is 26.3 Å². The molecule has 1 N–H and O–H groups in total. The number of carbonyl (C=O) groups is 2. The molecule has 0 aliphatic rings. The first-order valence-corrected chi connectivity index (χ1v) is 9.57. The lowest BCUT2D eigenvalue weighted by Gasteiger charge is -2.11. The van der Waals surface area contributed by atoms with E-state index in [4.69, 9.17) is 9.47 Å². The molecule has 144 valence electrons. The van der Waals surface area contributed by atoms with E-state index in [2.05, 4.69) is 4.72 Å². The number of methoxy groups -OCH3 is 1. The molecular weight excluding hydrogens is 370 g/mol. The van der Waals surface area contributed by atoms with Gasteiger partial charge in [0.15, 0.2) is 6.61 Å². The van der Waals surface area contributed by atoms with Gasteiger partial charge in [0.05, 0.1) is 12.7 Å². The fraction of sp³-hybridized carbons (Fsp3) is 0.263. The Morgan fingerprint density at radius 3 is 2.41 bits per heavy atom. The van der Waals surface area contributed by atoms with E-state index >= 15 is 0 Å². The van der Waals surface area contributed by atoms with Crippen LogP contribution in [-0.2, 0) is 14.8 Å². The predicted molar refractivity (Wildman–Crippen MR) is 99.8 cm³/mol. The number of benzene rings is 2. The average Bonchev–Trinajstić information content (AvgIpc) is 2.67. The topological polar surface area (TPSA) is 98.8 Å². The molecule has 2 rings (SSSR count). The van der Waals surface area contributed by atoms with Gasteiger partial charge in [0.25, 0.3) is 0 Å². The molecule has 0 saturated heterocycles. The van der Waals surface area contributed by atoms with Crippen LogP contribution in [0.5, 0.6) is 5.75 Å². The zero-order valence-corrected chi connectivity index (χ0v) is 16.3. The molecule has 0 aliphatic heterocycles. The van der Waals surface area contributed by atoms with Crippen molar-refractivity contribution in [2.45, 2.75) is 18.7 Å². The lowest BCUT2D eigenvalue weighted by molar-refractivity contribution is 0.0474. The van der Waals surface area contributed by atoms with Crippen LogP contribution in [0.4, 0.5) is 0 Å². The highest BCUT2D eigenvalue weighted by atomic mass is 32.2. The van der Waals surface area contributed by atoms with Gasteiger partial charge < -0.3 is 9.47 Å². The van der Waals surface area contributed by atoms with Crippen LogP contribution in [-0.4, -0.2) is 40.9 Å². The number of ketones is 1. The summed E-state index contributed by atoms with van der Waals surface area (Å²) in [6.45, 7) is 3.22. The first-order valence-electron chi connectivity index (χ1n) is 8.08. The summed E-state index contributed by atoms with van der Waals surface area (Å²) in [5.74, 6) is -1.04. The van der Waals surface area contributed by atoms with Gasteiger partial charge in [-0.1, -0.05) is 17.7 Å². The molecule has 0 fully saturated rings. The molecule has 2 aromatic rings. The molecule has 8 heteroatoms. The lowest BCUT2D eigenvalue weighted by Crippen LogP contribution is -2.20. The van der Waals surface area contributed by atoms with Crippen molar-refractivity contribution >= 4 is 21.8 Å². The highest BCUT2D eigenvalue weighted by Crippen LogP contribution is 2.25. The number of carbonyl (C=O) groups excluding carboxylic acids is 2. The molecule has 0 aliphatic carbocycles. The SMILES string of the molecule is CNS(=O)(=O)c1cc(C(=O)OCC(=O)c2cc(C)ccc2C)ccc1OC. The predicted octanol–water partition coefficient (Wildman–Crippen LogP) is 2.26. The van der Waals surface area contributed by atoms with Crippen molar-refractivity contribution in [3.8, 4) is 5.75 Å². The standard InChI is InChI=1S/C19H21NO6S/c1-12-5-6-13(2)15(9-12)16(21)11-26-19(22)14-7-8-17(25-4)18(10-14)27(23,24)20-3/h5-10,20H,11H2,1-4H3. The summed E-state index contributed by atoms with van der Waals surface area (Å²) in [5, 5.41) is 0. The maximum absolute atomic E-state index is 12.3. The van der Waals surface area contributed by atoms with Crippen LogP contribution in [0.2, 0.25) is 0 Å². The Morgan fingerprint density at radius 2 is 1.78 bits per heavy atom. The minimum absolute atomic E-state index is 0.00149. The van der Waals surface area contributed by atoms with Crippen molar-refractivity contribution in [3.63, 3.8) is 0 Å². The van der Waals surface area contributed by atoms with Crippen molar-refractivity contribution < 1.29 is 27.5 Å². The summed E-state index contributed by atoms with van der Waals surface area (Å²) in [7, 11) is -1.25. The molecular formula is C19H21NO6S. The van der Waals surface area contributed by atoms with Gasteiger partial charge in [-0.25, -0.2) is 17.9 Å². The number of sulfonamides is 1. The van der Waals surface area contributed by atoms with E-state index in [1.54, 1.807) is 13.0 Å². The molecule has 2 aromatic carbocycles. The molecule has 0 heterocycles. The summed E-state index contributed by atoms with van der Waals surface area (Å²) in [5.41, 5.74) is 2.19. The second-order valence-corrected chi connectivity index (χ2v) is 7.75. The van der Waals surface area contributed by atoms with E-state index < -0.39 is 22.6 Å². The van der Waals surface area contributed by atoms with Gasteiger partial charge in [-0.05, 0) is 50.7 Å². The highest BCUT2D eigenvalue weighted by molar-refractivity contribution is 7.89. The van der Waals surface area contributed by atoms with Crippen LogP contribution >= 0.6 is 0 Å². The van der Waals surface area contributed by atoms with Gasteiger partial charge in [-0.3, -0.25) is 4.79 Å². The molecule has 27 heavy (non-hydrogen) atoms. The van der Waals surface area contributed by atoms with E-state index in [0.717, 1.165) is 17.2 Å². The van der Waals surface area contributed by atoms with Crippen molar-refractivity contribution in [1.82, 2.24) is 4.72 Å². The van der Waals surface area contributed by atoms with Gasteiger partial charge >= 0.3 is 5.97 Å². The van der Waals surface area contributed by atoms with Crippen LogP contribution in [0.1, 0.15) is 31.8 Å². The smallest absolute Gasteiger partial charge is 0.338 e. The number of hydrogen-bond donors (Lipinski definition) is 1. The summed E-state index contributed by atoms with van der Waals surface area (Å²) < 4.78 is 36.4. The second kappa shape index (κ2) is 8.32. The molecule has 0 bridgehead atoms. The third-order valence-corrected chi connectivity index (χ3v) is 5.42. The van der Waals surface area contributed by atoms with Gasteiger partial charge in [0.1, 0.15) is 10.6 Å². The van der Waals surface area contributed by atoms with Gasteiger partial charge in [-0.15, -0.1) is 0 Å². The quantitative estimate of drug-likeness (QED) is 0.574. The van der Waals surface area contributed by atoms with Crippen molar-refractivity contribution in [1.29, 1.82) is 0 Å².